The summed E-state index contributed by atoms with van der Waals surface area (Å²) in [5, 5.41) is 0. The SMILES string of the molecule is COc1ccc(C=C(C=O)C(C)C)cc1Br. The number of hydrogen-bond acceptors (Lipinski definition) is 2. The Morgan fingerprint density at radius 2 is 2.12 bits per heavy atom. The van der Waals surface area contributed by atoms with Crippen LogP contribution in [0.25, 0.3) is 6.08 Å². The lowest BCUT2D eigenvalue weighted by Crippen LogP contribution is -1.95. The first-order valence-corrected chi connectivity index (χ1v) is 5.88. The van der Waals surface area contributed by atoms with E-state index in [0.29, 0.717) is 0 Å². The van der Waals surface area contributed by atoms with Crippen molar-refractivity contribution in [3.05, 3.63) is 33.8 Å². The largest absolute Gasteiger partial charge is 0.496 e. The fourth-order valence-electron chi connectivity index (χ4n) is 1.30. The smallest absolute Gasteiger partial charge is 0.146 e. The number of methoxy groups -OCH3 is 1. The van der Waals surface area contributed by atoms with Crippen molar-refractivity contribution in [1.82, 2.24) is 0 Å². The molecule has 0 bridgehead atoms. The van der Waals surface area contributed by atoms with Crippen LogP contribution in [-0.4, -0.2) is 13.4 Å². The lowest BCUT2D eigenvalue weighted by Gasteiger charge is -2.06. The van der Waals surface area contributed by atoms with Gasteiger partial charge in [-0.15, -0.1) is 0 Å². The number of benzene rings is 1. The molecule has 0 unspecified atom stereocenters. The summed E-state index contributed by atoms with van der Waals surface area (Å²) in [5.41, 5.74) is 1.78. The molecule has 0 aliphatic heterocycles. The van der Waals surface area contributed by atoms with Crippen LogP contribution in [0.3, 0.4) is 0 Å². The van der Waals surface area contributed by atoms with E-state index in [2.05, 4.69) is 15.9 Å². The first-order chi connectivity index (χ1) is 7.58. The van der Waals surface area contributed by atoms with Gasteiger partial charge in [-0.1, -0.05) is 19.9 Å². The summed E-state index contributed by atoms with van der Waals surface area (Å²) in [5.74, 6) is 1.02. The van der Waals surface area contributed by atoms with Crippen LogP contribution in [0.4, 0.5) is 0 Å². The van der Waals surface area contributed by atoms with Crippen LogP contribution in [0.15, 0.2) is 28.2 Å². The normalized spacial score (nSPS) is 11.7. The molecular weight excluding hydrogens is 268 g/mol. The number of aldehydes is 1. The highest BCUT2D eigenvalue weighted by Crippen LogP contribution is 2.26. The van der Waals surface area contributed by atoms with Crippen LogP contribution < -0.4 is 4.74 Å². The maximum Gasteiger partial charge on any atom is 0.146 e. The number of ether oxygens (including phenoxy) is 1. The van der Waals surface area contributed by atoms with Crippen molar-refractivity contribution in [3.8, 4) is 5.75 Å². The molecule has 0 heterocycles. The number of halogens is 1. The van der Waals surface area contributed by atoms with E-state index in [1.165, 1.54) is 0 Å². The molecule has 1 rings (SSSR count). The molecule has 0 fully saturated rings. The molecule has 0 amide bonds. The minimum absolute atomic E-state index is 0.235. The van der Waals surface area contributed by atoms with Crippen molar-refractivity contribution in [2.75, 3.05) is 7.11 Å². The third-order valence-electron chi connectivity index (χ3n) is 2.31. The summed E-state index contributed by atoms with van der Waals surface area (Å²) >= 11 is 3.41. The Balaban J connectivity index is 3.06. The molecule has 86 valence electrons. The monoisotopic (exact) mass is 282 g/mol. The topological polar surface area (TPSA) is 26.3 Å². The van der Waals surface area contributed by atoms with Gasteiger partial charge in [0, 0.05) is 0 Å². The zero-order chi connectivity index (χ0) is 12.1. The third kappa shape index (κ3) is 3.20. The Kier molecular flexibility index (Phi) is 4.74. The van der Waals surface area contributed by atoms with E-state index in [4.69, 9.17) is 4.74 Å². The Morgan fingerprint density at radius 3 is 2.56 bits per heavy atom. The summed E-state index contributed by atoms with van der Waals surface area (Å²) in [4.78, 5) is 10.9. The average Bonchev–Trinajstić information content (AvgIpc) is 2.25. The average molecular weight is 283 g/mol. The van der Waals surface area contributed by atoms with Gasteiger partial charge in [-0.05, 0) is 51.2 Å². The van der Waals surface area contributed by atoms with E-state index in [9.17, 15) is 4.79 Å². The van der Waals surface area contributed by atoms with Gasteiger partial charge >= 0.3 is 0 Å². The minimum atomic E-state index is 0.235. The summed E-state index contributed by atoms with van der Waals surface area (Å²) in [6, 6.07) is 5.73. The molecule has 0 aliphatic carbocycles. The predicted octanol–water partition coefficient (Wildman–Crippen LogP) is 3.70. The molecule has 2 nitrogen and oxygen atoms in total. The summed E-state index contributed by atoms with van der Waals surface area (Å²) < 4.78 is 6.03. The number of allylic oxidation sites excluding steroid dienone is 1. The third-order valence-corrected chi connectivity index (χ3v) is 2.93. The highest BCUT2D eigenvalue weighted by Gasteiger charge is 2.04. The van der Waals surface area contributed by atoms with Crippen molar-refractivity contribution in [3.63, 3.8) is 0 Å². The van der Waals surface area contributed by atoms with Gasteiger partial charge in [0.15, 0.2) is 0 Å². The molecule has 0 atom stereocenters. The van der Waals surface area contributed by atoms with Gasteiger partial charge in [0.05, 0.1) is 11.6 Å². The Hall–Kier alpha value is -1.09. The summed E-state index contributed by atoms with van der Waals surface area (Å²) in [7, 11) is 1.63. The standard InChI is InChI=1S/C13H15BrO2/c1-9(2)11(8-15)6-10-4-5-13(16-3)12(14)7-10/h4-9H,1-3H3. The van der Waals surface area contributed by atoms with Gasteiger partial charge in [0.25, 0.3) is 0 Å². The summed E-state index contributed by atoms with van der Waals surface area (Å²) in [6.07, 6.45) is 2.80. The molecule has 0 spiro atoms. The van der Waals surface area contributed by atoms with Crippen molar-refractivity contribution in [1.29, 1.82) is 0 Å². The molecule has 1 aromatic carbocycles. The highest BCUT2D eigenvalue weighted by molar-refractivity contribution is 9.10. The molecule has 0 saturated heterocycles. The lowest BCUT2D eigenvalue weighted by molar-refractivity contribution is -0.105. The zero-order valence-electron chi connectivity index (χ0n) is 9.66. The van der Waals surface area contributed by atoms with Gasteiger partial charge in [0.1, 0.15) is 12.0 Å². The Bertz CT molecular complexity index is 408. The molecule has 0 saturated carbocycles. The van der Waals surface area contributed by atoms with E-state index in [0.717, 1.165) is 27.6 Å². The van der Waals surface area contributed by atoms with Crippen LogP contribution in [-0.2, 0) is 4.79 Å². The van der Waals surface area contributed by atoms with E-state index in [1.807, 2.05) is 38.1 Å². The van der Waals surface area contributed by atoms with Crippen molar-refractivity contribution in [2.45, 2.75) is 13.8 Å². The van der Waals surface area contributed by atoms with Crippen molar-refractivity contribution < 1.29 is 9.53 Å². The first-order valence-electron chi connectivity index (χ1n) is 5.08. The van der Waals surface area contributed by atoms with Gasteiger partial charge in [-0.25, -0.2) is 0 Å². The Labute approximate surface area is 104 Å². The van der Waals surface area contributed by atoms with Gasteiger partial charge in [-0.2, -0.15) is 0 Å². The second kappa shape index (κ2) is 5.85. The van der Waals surface area contributed by atoms with Gasteiger partial charge in [-0.3, -0.25) is 4.79 Å². The highest BCUT2D eigenvalue weighted by atomic mass is 79.9. The number of carbonyl (C=O) groups excluding carboxylic acids is 1. The maximum atomic E-state index is 10.9. The molecule has 0 aliphatic rings. The second-order valence-electron chi connectivity index (χ2n) is 3.81. The lowest BCUT2D eigenvalue weighted by atomic mass is 10.0. The van der Waals surface area contributed by atoms with Crippen molar-refractivity contribution >= 4 is 28.3 Å². The van der Waals surface area contributed by atoms with Gasteiger partial charge < -0.3 is 4.74 Å². The quantitative estimate of drug-likeness (QED) is 0.622. The van der Waals surface area contributed by atoms with Gasteiger partial charge in [0.2, 0.25) is 0 Å². The van der Waals surface area contributed by atoms with Crippen LogP contribution in [0.1, 0.15) is 19.4 Å². The molecule has 0 radical (unpaired) electrons. The van der Waals surface area contributed by atoms with Crippen molar-refractivity contribution in [2.24, 2.45) is 5.92 Å². The molecular formula is C13H15BrO2. The number of rotatable bonds is 4. The van der Waals surface area contributed by atoms with Crippen LogP contribution in [0.5, 0.6) is 5.75 Å². The zero-order valence-corrected chi connectivity index (χ0v) is 11.2. The molecule has 16 heavy (non-hydrogen) atoms. The molecule has 0 N–H and O–H groups in total. The fourth-order valence-corrected chi connectivity index (χ4v) is 1.86. The maximum absolute atomic E-state index is 10.9. The molecule has 1 aromatic rings. The fraction of sp³-hybridized carbons (Fsp3) is 0.308. The second-order valence-corrected chi connectivity index (χ2v) is 4.67. The van der Waals surface area contributed by atoms with E-state index >= 15 is 0 Å². The first kappa shape index (κ1) is 13.0. The molecule has 0 aromatic heterocycles. The van der Waals surface area contributed by atoms with E-state index < -0.39 is 0 Å². The number of carbonyl (C=O) groups is 1. The van der Waals surface area contributed by atoms with E-state index in [1.54, 1.807) is 7.11 Å². The summed E-state index contributed by atoms with van der Waals surface area (Å²) in [6.45, 7) is 4.00. The van der Waals surface area contributed by atoms with Crippen LogP contribution in [0.2, 0.25) is 0 Å². The van der Waals surface area contributed by atoms with E-state index in [-0.39, 0.29) is 5.92 Å². The minimum Gasteiger partial charge on any atom is -0.496 e. The molecule has 3 heteroatoms. The predicted molar refractivity (Wildman–Crippen MR) is 69.6 cm³/mol. The van der Waals surface area contributed by atoms with Crippen LogP contribution >= 0.6 is 15.9 Å². The Morgan fingerprint density at radius 1 is 1.44 bits per heavy atom. The number of hydrogen-bond donors (Lipinski definition) is 0. The van der Waals surface area contributed by atoms with Crippen LogP contribution in [0, 0.1) is 5.92 Å².